The van der Waals surface area contributed by atoms with Crippen molar-refractivity contribution in [3.8, 4) is 0 Å². The maximum absolute atomic E-state index is 12.1. The van der Waals surface area contributed by atoms with Crippen molar-refractivity contribution in [1.29, 1.82) is 0 Å². The highest BCUT2D eigenvalue weighted by atomic mass is 35.5. The van der Waals surface area contributed by atoms with Crippen molar-refractivity contribution >= 4 is 28.9 Å². The van der Waals surface area contributed by atoms with Crippen molar-refractivity contribution in [2.45, 2.75) is 0 Å². The first-order valence-corrected chi connectivity index (χ1v) is 5.19. The van der Waals surface area contributed by atoms with Gasteiger partial charge in [-0.25, -0.2) is 0 Å². The molecule has 0 fully saturated rings. The lowest BCUT2D eigenvalue weighted by Gasteiger charge is -2.18. The fraction of sp³-hybridized carbons (Fsp3) is 0.0909. The molecule has 0 aromatic carbocycles. The zero-order chi connectivity index (χ0) is 12.4. The summed E-state index contributed by atoms with van der Waals surface area (Å²) in [6, 6.07) is 3.17. The van der Waals surface area contributed by atoms with Crippen molar-refractivity contribution < 1.29 is 9.21 Å². The first kappa shape index (κ1) is 11.5. The molecule has 0 aliphatic carbocycles. The highest BCUT2D eigenvalue weighted by Crippen LogP contribution is 2.24. The SMILES string of the molecule is CN(C(=O)c1ccoc1Cl)c1ccncc1N. The van der Waals surface area contributed by atoms with Crippen LogP contribution in [0.15, 0.2) is 35.2 Å². The van der Waals surface area contributed by atoms with Gasteiger partial charge >= 0.3 is 0 Å². The van der Waals surface area contributed by atoms with Crippen LogP contribution in [-0.2, 0) is 0 Å². The molecule has 6 heteroatoms. The second-order valence-corrected chi connectivity index (χ2v) is 3.75. The summed E-state index contributed by atoms with van der Waals surface area (Å²) in [6.07, 6.45) is 4.40. The monoisotopic (exact) mass is 251 g/mol. The molecule has 0 bridgehead atoms. The Morgan fingerprint density at radius 1 is 1.53 bits per heavy atom. The number of nitrogens with zero attached hydrogens (tertiary/aromatic N) is 2. The lowest BCUT2D eigenvalue weighted by Crippen LogP contribution is -2.26. The fourth-order valence-electron chi connectivity index (χ4n) is 1.44. The number of rotatable bonds is 2. The summed E-state index contributed by atoms with van der Waals surface area (Å²) in [5.41, 5.74) is 7.03. The summed E-state index contributed by atoms with van der Waals surface area (Å²) < 4.78 is 4.88. The van der Waals surface area contributed by atoms with Gasteiger partial charge in [0.1, 0.15) is 0 Å². The van der Waals surface area contributed by atoms with E-state index in [0.717, 1.165) is 0 Å². The molecule has 0 saturated heterocycles. The summed E-state index contributed by atoms with van der Waals surface area (Å²) in [5.74, 6) is -0.290. The number of pyridine rings is 1. The lowest BCUT2D eigenvalue weighted by atomic mass is 10.2. The molecule has 0 aliphatic rings. The van der Waals surface area contributed by atoms with Crippen LogP contribution < -0.4 is 10.6 Å². The summed E-state index contributed by atoms with van der Waals surface area (Å²) in [6.45, 7) is 0. The van der Waals surface area contributed by atoms with Crippen molar-refractivity contribution in [3.63, 3.8) is 0 Å². The van der Waals surface area contributed by atoms with E-state index in [1.54, 1.807) is 19.3 Å². The van der Waals surface area contributed by atoms with Gasteiger partial charge in [0.2, 0.25) is 5.22 Å². The maximum atomic E-state index is 12.1. The minimum atomic E-state index is -0.290. The van der Waals surface area contributed by atoms with Gasteiger partial charge in [0.05, 0.1) is 29.4 Å². The van der Waals surface area contributed by atoms with Gasteiger partial charge in [0.15, 0.2) is 0 Å². The van der Waals surface area contributed by atoms with Crippen LogP contribution in [-0.4, -0.2) is 17.9 Å². The number of carbonyl (C=O) groups excluding carboxylic acids is 1. The largest absolute Gasteiger partial charge is 0.452 e. The number of amides is 1. The third-order valence-electron chi connectivity index (χ3n) is 2.34. The van der Waals surface area contributed by atoms with Gasteiger partial charge < -0.3 is 15.1 Å². The van der Waals surface area contributed by atoms with Crippen LogP contribution in [0.1, 0.15) is 10.4 Å². The Morgan fingerprint density at radius 2 is 2.29 bits per heavy atom. The highest BCUT2D eigenvalue weighted by molar-refractivity contribution is 6.32. The smallest absolute Gasteiger partial charge is 0.262 e. The lowest BCUT2D eigenvalue weighted by molar-refractivity contribution is 0.0992. The Labute approximate surface area is 103 Å². The molecule has 5 nitrogen and oxygen atoms in total. The second kappa shape index (κ2) is 4.47. The number of carbonyl (C=O) groups is 1. The normalized spacial score (nSPS) is 10.2. The fourth-order valence-corrected chi connectivity index (χ4v) is 1.64. The molecule has 0 atom stereocenters. The zero-order valence-electron chi connectivity index (χ0n) is 9.05. The number of halogens is 1. The van der Waals surface area contributed by atoms with Crippen molar-refractivity contribution in [3.05, 3.63) is 41.6 Å². The van der Waals surface area contributed by atoms with Gasteiger partial charge in [-0.3, -0.25) is 9.78 Å². The van der Waals surface area contributed by atoms with Crippen LogP contribution in [0.2, 0.25) is 5.22 Å². The van der Waals surface area contributed by atoms with Gasteiger partial charge in [-0.15, -0.1) is 0 Å². The number of nitrogen functional groups attached to an aromatic ring is 1. The number of nitrogens with two attached hydrogens (primary N) is 1. The zero-order valence-corrected chi connectivity index (χ0v) is 9.81. The molecule has 0 aliphatic heterocycles. The minimum absolute atomic E-state index is 0.0643. The summed E-state index contributed by atoms with van der Waals surface area (Å²) in [7, 11) is 1.61. The van der Waals surface area contributed by atoms with E-state index in [9.17, 15) is 4.79 Å². The topological polar surface area (TPSA) is 72.4 Å². The summed E-state index contributed by atoms with van der Waals surface area (Å²) in [5, 5.41) is 0.0643. The number of aromatic nitrogens is 1. The van der Waals surface area contributed by atoms with Gasteiger partial charge in [-0.1, -0.05) is 0 Å². The standard InChI is InChI=1S/C11H10ClN3O2/c1-15(9-2-4-14-6-8(9)13)11(16)7-3-5-17-10(7)12/h2-6H,13H2,1H3. The average molecular weight is 252 g/mol. The van der Waals surface area contributed by atoms with Crippen LogP contribution in [0.4, 0.5) is 11.4 Å². The minimum Gasteiger partial charge on any atom is -0.452 e. The van der Waals surface area contributed by atoms with Crippen molar-refractivity contribution in [2.75, 3.05) is 17.7 Å². The quantitative estimate of drug-likeness (QED) is 0.888. The number of hydrogen-bond donors (Lipinski definition) is 1. The molecule has 0 unspecified atom stereocenters. The number of furan rings is 1. The Hall–Kier alpha value is -2.01. The molecule has 1 amide bonds. The molecular weight excluding hydrogens is 242 g/mol. The van der Waals surface area contributed by atoms with E-state index in [2.05, 4.69) is 4.98 Å². The average Bonchev–Trinajstić information content (AvgIpc) is 2.74. The number of hydrogen-bond acceptors (Lipinski definition) is 4. The second-order valence-electron chi connectivity index (χ2n) is 3.41. The van der Waals surface area contributed by atoms with Crippen LogP contribution in [0.5, 0.6) is 0 Å². The van der Waals surface area contributed by atoms with Crippen LogP contribution in [0.3, 0.4) is 0 Å². The van der Waals surface area contributed by atoms with Crippen LogP contribution in [0.25, 0.3) is 0 Å². The molecule has 2 aromatic heterocycles. The van der Waals surface area contributed by atoms with Gasteiger partial charge in [0, 0.05) is 13.2 Å². The first-order chi connectivity index (χ1) is 8.11. The highest BCUT2D eigenvalue weighted by Gasteiger charge is 2.19. The van der Waals surface area contributed by atoms with E-state index >= 15 is 0 Å². The molecule has 17 heavy (non-hydrogen) atoms. The Balaban J connectivity index is 2.33. The third-order valence-corrected chi connectivity index (χ3v) is 2.63. The number of anilines is 2. The molecule has 0 radical (unpaired) electrons. The Morgan fingerprint density at radius 3 is 2.88 bits per heavy atom. The van der Waals surface area contributed by atoms with E-state index < -0.39 is 0 Å². The van der Waals surface area contributed by atoms with E-state index in [1.165, 1.54) is 23.4 Å². The molecule has 2 aromatic rings. The molecule has 88 valence electrons. The summed E-state index contributed by atoms with van der Waals surface area (Å²) in [4.78, 5) is 17.3. The van der Waals surface area contributed by atoms with E-state index in [-0.39, 0.29) is 11.1 Å². The molecular formula is C11H10ClN3O2. The first-order valence-electron chi connectivity index (χ1n) is 4.82. The predicted octanol–water partition coefficient (Wildman–Crippen LogP) is 2.19. The van der Waals surface area contributed by atoms with Crippen molar-refractivity contribution in [2.24, 2.45) is 0 Å². The Bertz CT molecular complexity index is 553. The van der Waals surface area contributed by atoms with Crippen molar-refractivity contribution in [1.82, 2.24) is 4.98 Å². The van der Waals surface area contributed by atoms with Crippen LogP contribution >= 0.6 is 11.6 Å². The molecule has 2 N–H and O–H groups in total. The Kier molecular flexibility index (Phi) is 3.01. The predicted molar refractivity (Wildman–Crippen MR) is 65.1 cm³/mol. The molecule has 0 spiro atoms. The summed E-state index contributed by atoms with van der Waals surface area (Å²) >= 11 is 5.75. The van der Waals surface area contributed by atoms with Crippen LogP contribution in [0, 0.1) is 0 Å². The van der Waals surface area contributed by atoms with E-state index in [1.807, 2.05) is 0 Å². The van der Waals surface area contributed by atoms with Gasteiger partial charge in [-0.2, -0.15) is 0 Å². The molecule has 0 saturated carbocycles. The van der Waals surface area contributed by atoms with E-state index in [0.29, 0.717) is 16.9 Å². The molecule has 2 heterocycles. The third kappa shape index (κ3) is 2.09. The maximum Gasteiger partial charge on any atom is 0.262 e. The molecule has 2 rings (SSSR count). The van der Waals surface area contributed by atoms with Gasteiger partial charge in [0.25, 0.3) is 5.91 Å². The van der Waals surface area contributed by atoms with E-state index in [4.69, 9.17) is 21.8 Å². The van der Waals surface area contributed by atoms with Gasteiger partial charge in [-0.05, 0) is 23.7 Å².